The van der Waals surface area contributed by atoms with Gasteiger partial charge in [-0.15, -0.1) is 0 Å². The Bertz CT molecular complexity index is 1280. The fourth-order valence-electron chi connectivity index (χ4n) is 4.76. The summed E-state index contributed by atoms with van der Waals surface area (Å²) in [7, 11) is 3.93. The van der Waals surface area contributed by atoms with E-state index in [9.17, 15) is 18.0 Å². The molecule has 0 atom stereocenters. The van der Waals surface area contributed by atoms with E-state index in [4.69, 9.17) is 4.74 Å². The van der Waals surface area contributed by atoms with E-state index in [1.807, 2.05) is 37.2 Å². The van der Waals surface area contributed by atoms with Crippen LogP contribution in [-0.4, -0.2) is 56.1 Å². The number of rotatable bonds is 9. The number of nitrogens with one attached hydrogen (secondary N) is 2. The minimum Gasteiger partial charge on any atom is -0.454 e. The Morgan fingerprint density at radius 3 is 2.36 bits per heavy atom. The zero-order valence-corrected chi connectivity index (χ0v) is 22.6. The average molecular weight is 541 g/mol. The molecule has 6 nitrogen and oxygen atoms in total. The van der Waals surface area contributed by atoms with Gasteiger partial charge in [0.2, 0.25) is 0 Å². The van der Waals surface area contributed by atoms with Gasteiger partial charge in [0.25, 0.3) is 0 Å². The zero-order chi connectivity index (χ0) is 27.9. The van der Waals surface area contributed by atoms with Gasteiger partial charge < -0.3 is 20.3 Å². The van der Waals surface area contributed by atoms with Crippen molar-refractivity contribution in [1.29, 1.82) is 0 Å². The SMILES string of the molecule is Cc1ccc(NC(=O)NCCN(C)C)cc1C1CCN(Cc2ccc(Oc3cc(F)c(F)cc3F)cc2)CC1. The van der Waals surface area contributed by atoms with Crippen LogP contribution >= 0.6 is 0 Å². The van der Waals surface area contributed by atoms with Crippen LogP contribution in [0, 0.1) is 24.4 Å². The fourth-order valence-corrected chi connectivity index (χ4v) is 4.76. The van der Waals surface area contributed by atoms with Crippen LogP contribution in [0.5, 0.6) is 11.5 Å². The number of piperidine rings is 1. The monoisotopic (exact) mass is 540 g/mol. The molecule has 1 aliphatic rings. The number of hydrogen-bond acceptors (Lipinski definition) is 4. The van der Waals surface area contributed by atoms with Gasteiger partial charge in [0, 0.05) is 37.5 Å². The van der Waals surface area contributed by atoms with E-state index in [0.717, 1.165) is 50.3 Å². The van der Waals surface area contributed by atoms with Crippen molar-refractivity contribution in [2.75, 3.05) is 45.6 Å². The Morgan fingerprint density at radius 2 is 1.67 bits per heavy atom. The van der Waals surface area contributed by atoms with Crippen molar-refractivity contribution in [1.82, 2.24) is 15.1 Å². The molecule has 9 heteroatoms. The van der Waals surface area contributed by atoms with Crippen LogP contribution in [0.3, 0.4) is 0 Å². The van der Waals surface area contributed by atoms with Gasteiger partial charge in [-0.3, -0.25) is 4.90 Å². The highest BCUT2D eigenvalue weighted by Crippen LogP contribution is 2.33. The molecule has 3 aromatic carbocycles. The lowest BCUT2D eigenvalue weighted by Gasteiger charge is -2.33. The standard InChI is InChI=1S/C30H35F3N4O2/c1-20-4-7-23(35-30(38)34-12-15-36(2)3)16-25(20)22-10-13-37(14-11-22)19-21-5-8-24(9-6-21)39-29-18-27(32)26(31)17-28(29)33/h4-9,16-18,22H,10-15,19H2,1-3H3,(H2,34,35,38). The van der Waals surface area contributed by atoms with Crippen LogP contribution in [0.15, 0.2) is 54.6 Å². The van der Waals surface area contributed by atoms with E-state index >= 15 is 0 Å². The van der Waals surface area contributed by atoms with E-state index in [0.29, 0.717) is 30.3 Å². The molecule has 0 spiro atoms. The first-order chi connectivity index (χ1) is 18.7. The summed E-state index contributed by atoms with van der Waals surface area (Å²) in [6.45, 7) is 6.10. The van der Waals surface area contributed by atoms with Crippen molar-refractivity contribution in [2.24, 2.45) is 0 Å². The first-order valence-corrected chi connectivity index (χ1v) is 13.1. The number of hydrogen-bond donors (Lipinski definition) is 2. The second kappa shape index (κ2) is 13.0. The molecule has 1 saturated heterocycles. The Balaban J connectivity index is 1.28. The van der Waals surface area contributed by atoms with Crippen LogP contribution in [-0.2, 0) is 6.54 Å². The third-order valence-electron chi connectivity index (χ3n) is 6.94. The van der Waals surface area contributed by atoms with E-state index in [-0.39, 0.29) is 11.8 Å². The second-order valence-electron chi connectivity index (χ2n) is 10.2. The smallest absolute Gasteiger partial charge is 0.319 e. The summed E-state index contributed by atoms with van der Waals surface area (Å²) < 4.78 is 45.8. The number of halogens is 3. The maximum Gasteiger partial charge on any atom is 0.319 e. The molecular formula is C30H35F3N4O2. The van der Waals surface area contributed by atoms with Crippen molar-refractivity contribution in [3.63, 3.8) is 0 Å². The molecule has 0 unspecified atom stereocenters. The Kier molecular flexibility index (Phi) is 9.48. The summed E-state index contributed by atoms with van der Waals surface area (Å²) in [6.07, 6.45) is 2.02. The molecule has 0 aromatic heterocycles. The largest absolute Gasteiger partial charge is 0.454 e. The number of aryl methyl sites for hydroxylation is 1. The van der Waals surface area contributed by atoms with Crippen molar-refractivity contribution < 1.29 is 22.7 Å². The molecule has 1 heterocycles. The number of amides is 2. The van der Waals surface area contributed by atoms with Gasteiger partial charge in [0.1, 0.15) is 5.75 Å². The predicted molar refractivity (Wildman–Crippen MR) is 147 cm³/mol. The van der Waals surface area contributed by atoms with Gasteiger partial charge in [0.15, 0.2) is 23.2 Å². The van der Waals surface area contributed by atoms with Crippen molar-refractivity contribution >= 4 is 11.7 Å². The maximum atomic E-state index is 13.9. The van der Waals surface area contributed by atoms with E-state index < -0.39 is 17.5 Å². The fraction of sp³-hybridized carbons (Fsp3) is 0.367. The summed E-state index contributed by atoms with van der Waals surface area (Å²) in [4.78, 5) is 16.6. The molecule has 0 radical (unpaired) electrons. The summed E-state index contributed by atoms with van der Waals surface area (Å²) in [5, 5.41) is 5.82. The number of carbonyl (C=O) groups is 1. The van der Waals surface area contributed by atoms with Crippen molar-refractivity contribution in [3.8, 4) is 11.5 Å². The Hall–Kier alpha value is -3.56. The lowest BCUT2D eigenvalue weighted by atomic mass is 9.86. The third kappa shape index (κ3) is 7.97. The molecule has 3 aromatic rings. The molecule has 0 bridgehead atoms. The minimum absolute atomic E-state index is 0.201. The van der Waals surface area contributed by atoms with E-state index in [1.54, 1.807) is 12.1 Å². The number of ether oxygens (including phenoxy) is 1. The first kappa shape index (κ1) is 28.4. The van der Waals surface area contributed by atoms with Gasteiger partial charge in [-0.1, -0.05) is 18.2 Å². The number of benzene rings is 3. The molecule has 208 valence electrons. The molecular weight excluding hydrogens is 505 g/mol. The molecule has 0 aliphatic carbocycles. The van der Waals surface area contributed by atoms with Gasteiger partial charge >= 0.3 is 6.03 Å². The zero-order valence-electron chi connectivity index (χ0n) is 22.6. The average Bonchev–Trinajstić information content (AvgIpc) is 2.90. The normalized spacial score (nSPS) is 14.4. The van der Waals surface area contributed by atoms with Crippen LogP contribution in [0.4, 0.5) is 23.7 Å². The highest BCUT2D eigenvalue weighted by Gasteiger charge is 2.22. The Labute approximate surface area is 227 Å². The number of urea groups is 1. The number of likely N-dealkylation sites (N-methyl/N-ethyl adjacent to an activating group) is 1. The van der Waals surface area contributed by atoms with Gasteiger partial charge in [-0.05, 0) is 93.8 Å². The van der Waals surface area contributed by atoms with Gasteiger partial charge in [-0.25, -0.2) is 18.0 Å². The summed E-state index contributed by atoms with van der Waals surface area (Å²) in [5.41, 5.74) is 4.37. The lowest BCUT2D eigenvalue weighted by Crippen LogP contribution is -2.34. The van der Waals surface area contributed by atoms with Crippen LogP contribution in [0.25, 0.3) is 0 Å². The molecule has 4 rings (SSSR count). The molecule has 1 aliphatic heterocycles. The number of likely N-dealkylation sites (tertiary alicyclic amines) is 1. The number of anilines is 1. The number of nitrogens with zero attached hydrogens (tertiary/aromatic N) is 2. The van der Waals surface area contributed by atoms with E-state index in [2.05, 4.69) is 34.6 Å². The second-order valence-corrected chi connectivity index (χ2v) is 10.2. The van der Waals surface area contributed by atoms with Gasteiger partial charge in [0.05, 0.1) is 0 Å². The lowest BCUT2D eigenvalue weighted by molar-refractivity contribution is 0.204. The molecule has 0 saturated carbocycles. The summed E-state index contributed by atoms with van der Waals surface area (Å²) in [5.74, 6) is -2.97. The third-order valence-corrected chi connectivity index (χ3v) is 6.94. The quantitative estimate of drug-likeness (QED) is 0.314. The van der Waals surface area contributed by atoms with E-state index in [1.165, 1.54) is 11.1 Å². The Morgan fingerprint density at radius 1 is 0.974 bits per heavy atom. The minimum atomic E-state index is -1.25. The molecule has 2 amide bonds. The summed E-state index contributed by atoms with van der Waals surface area (Å²) >= 11 is 0. The molecule has 39 heavy (non-hydrogen) atoms. The van der Waals surface area contributed by atoms with Crippen molar-refractivity contribution in [3.05, 3.63) is 88.7 Å². The molecule has 2 N–H and O–H groups in total. The van der Waals surface area contributed by atoms with Crippen LogP contribution in [0.2, 0.25) is 0 Å². The highest BCUT2D eigenvalue weighted by atomic mass is 19.2. The van der Waals surface area contributed by atoms with Crippen molar-refractivity contribution in [2.45, 2.75) is 32.2 Å². The number of carbonyl (C=O) groups excluding carboxylic acids is 1. The maximum absolute atomic E-state index is 13.9. The topological polar surface area (TPSA) is 56.8 Å². The predicted octanol–water partition coefficient (Wildman–Crippen LogP) is 6.27. The van der Waals surface area contributed by atoms with Crippen LogP contribution < -0.4 is 15.4 Å². The van der Waals surface area contributed by atoms with Gasteiger partial charge in [-0.2, -0.15) is 0 Å². The highest BCUT2D eigenvalue weighted by molar-refractivity contribution is 5.89. The first-order valence-electron chi connectivity index (χ1n) is 13.1. The molecule has 1 fully saturated rings. The van der Waals surface area contributed by atoms with Crippen LogP contribution in [0.1, 0.15) is 35.4 Å². The summed E-state index contributed by atoms with van der Waals surface area (Å²) in [6, 6.07) is 14.2.